The number of rotatable bonds is 6. The van der Waals surface area contributed by atoms with Gasteiger partial charge in [0, 0.05) is 29.0 Å². The van der Waals surface area contributed by atoms with E-state index in [1.807, 2.05) is 0 Å². The van der Waals surface area contributed by atoms with Crippen LogP contribution in [0.15, 0.2) is 40.5 Å². The van der Waals surface area contributed by atoms with Crippen LogP contribution < -0.4 is 5.32 Å². The molecule has 5 rings (SSSR count). The number of amides is 1. The van der Waals surface area contributed by atoms with Crippen LogP contribution in [0.3, 0.4) is 0 Å². The van der Waals surface area contributed by atoms with Crippen LogP contribution >= 0.6 is 23.1 Å². The van der Waals surface area contributed by atoms with E-state index < -0.39 is 10.0 Å². The summed E-state index contributed by atoms with van der Waals surface area (Å²) < 4.78 is 32.1. The molecule has 1 N–H and O–H groups in total. The van der Waals surface area contributed by atoms with E-state index in [1.54, 1.807) is 29.8 Å². The smallest absolute Gasteiger partial charge is 0.243 e. The Morgan fingerprint density at radius 2 is 1.88 bits per heavy atom. The Hall–Kier alpha value is -2.05. The zero-order valence-electron chi connectivity index (χ0n) is 18.0. The number of nitrogens with zero attached hydrogens (tertiary/aromatic N) is 3. The Bertz CT molecular complexity index is 1270. The third-order valence-corrected chi connectivity index (χ3v) is 9.90. The zero-order chi connectivity index (χ0) is 22.8. The van der Waals surface area contributed by atoms with Gasteiger partial charge in [0.25, 0.3) is 0 Å². The zero-order valence-corrected chi connectivity index (χ0v) is 20.4. The fourth-order valence-electron chi connectivity index (χ4n) is 4.15. The number of fused-ring (bicyclic) bond motifs is 3. The number of nitrogens with one attached hydrogen (secondary N) is 1. The summed E-state index contributed by atoms with van der Waals surface area (Å²) in [5.74, 6) is 0.0459. The number of hydrogen-bond acceptors (Lipinski definition) is 8. The second kappa shape index (κ2) is 9.67. The van der Waals surface area contributed by atoms with Gasteiger partial charge in [-0.15, -0.1) is 11.3 Å². The van der Waals surface area contributed by atoms with E-state index in [4.69, 9.17) is 4.74 Å². The molecule has 3 aromatic rings. The van der Waals surface area contributed by atoms with Crippen LogP contribution in [-0.4, -0.2) is 60.7 Å². The number of benzene rings is 1. The number of morpholine rings is 1. The summed E-state index contributed by atoms with van der Waals surface area (Å²) in [6, 6.07) is 6.29. The predicted molar refractivity (Wildman–Crippen MR) is 129 cm³/mol. The molecule has 33 heavy (non-hydrogen) atoms. The summed E-state index contributed by atoms with van der Waals surface area (Å²) in [6.07, 6.45) is 6.10. The number of aryl methyl sites for hydroxylation is 2. The number of carbonyl (C=O) groups is 1. The van der Waals surface area contributed by atoms with Crippen molar-refractivity contribution in [3.05, 3.63) is 41.0 Å². The van der Waals surface area contributed by atoms with Crippen molar-refractivity contribution in [2.45, 2.75) is 35.6 Å². The molecule has 0 atom stereocenters. The van der Waals surface area contributed by atoms with E-state index >= 15 is 0 Å². The second-order valence-electron chi connectivity index (χ2n) is 7.95. The minimum absolute atomic E-state index is 0.167. The number of thiophene rings is 1. The quantitative estimate of drug-likeness (QED) is 0.406. The lowest BCUT2D eigenvalue weighted by atomic mass is 9.97. The van der Waals surface area contributed by atoms with Crippen molar-refractivity contribution in [3.8, 4) is 0 Å². The van der Waals surface area contributed by atoms with E-state index in [-0.39, 0.29) is 16.6 Å². The topological polar surface area (TPSA) is 101 Å². The Morgan fingerprint density at radius 3 is 2.67 bits per heavy atom. The highest BCUT2D eigenvalue weighted by Gasteiger charge is 2.26. The molecule has 1 saturated heterocycles. The third kappa shape index (κ3) is 4.78. The van der Waals surface area contributed by atoms with Crippen LogP contribution in [0.5, 0.6) is 0 Å². The first kappa shape index (κ1) is 22.7. The number of carbonyl (C=O) groups excluding carboxylic acids is 1. The summed E-state index contributed by atoms with van der Waals surface area (Å²) >= 11 is 3.15. The molecule has 1 amide bonds. The summed E-state index contributed by atoms with van der Waals surface area (Å²) in [6.45, 7) is 1.50. The maximum Gasteiger partial charge on any atom is 0.243 e. The monoisotopic (exact) mass is 504 g/mol. The van der Waals surface area contributed by atoms with Crippen molar-refractivity contribution in [2.75, 3.05) is 37.4 Å². The van der Waals surface area contributed by atoms with Crippen molar-refractivity contribution in [1.29, 1.82) is 0 Å². The van der Waals surface area contributed by atoms with Crippen molar-refractivity contribution in [3.63, 3.8) is 0 Å². The van der Waals surface area contributed by atoms with Gasteiger partial charge in [-0.05, 0) is 55.5 Å². The van der Waals surface area contributed by atoms with Gasteiger partial charge < -0.3 is 10.1 Å². The molecule has 8 nitrogen and oxygen atoms in total. The maximum absolute atomic E-state index is 12.7. The minimum Gasteiger partial charge on any atom is -0.379 e. The molecule has 1 aliphatic carbocycles. The highest BCUT2D eigenvalue weighted by atomic mass is 32.2. The highest BCUT2D eigenvalue weighted by molar-refractivity contribution is 8.00. The van der Waals surface area contributed by atoms with E-state index in [2.05, 4.69) is 15.3 Å². The van der Waals surface area contributed by atoms with Gasteiger partial charge in [0.05, 0.1) is 23.9 Å². The Morgan fingerprint density at radius 1 is 1.12 bits per heavy atom. The first-order chi connectivity index (χ1) is 16.0. The molecule has 0 spiro atoms. The summed E-state index contributed by atoms with van der Waals surface area (Å²) in [7, 11) is -3.55. The molecule has 174 valence electrons. The van der Waals surface area contributed by atoms with Crippen LogP contribution in [0.4, 0.5) is 5.69 Å². The number of ether oxygens (including phenoxy) is 1. The lowest BCUT2D eigenvalue weighted by molar-refractivity contribution is -0.113. The number of anilines is 1. The molecule has 2 aliphatic rings. The van der Waals surface area contributed by atoms with Gasteiger partial charge in [0.1, 0.15) is 16.2 Å². The molecule has 2 aromatic heterocycles. The Labute approximate surface area is 200 Å². The first-order valence-corrected chi connectivity index (χ1v) is 14.1. The largest absolute Gasteiger partial charge is 0.379 e. The lowest BCUT2D eigenvalue weighted by Gasteiger charge is -2.26. The fourth-order valence-corrected chi connectivity index (χ4v) is 7.68. The van der Waals surface area contributed by atoms with Crippen LogP contribution in [0.25, 0.3) is 10.2 Å². The molecule has 3 heterocycles. The highest BCUT2D eigenvalue weighted by Crippen LogP contribution is 2.39. The predicted octanol–water partition coefficient (Wildman–Crippen LogP) is 3.32. The van der Waals surface area contributed by atoms with Gasteiger partial charge in [-0.2, -0.15) is 4.31 Å². The molecular weight excluding hydrogens is 480 g/mol. The molecule has 0 bridgehead atoms. The number of thioether (sulfide) groups is 1. The van der Waals surface area contributed by atoms with Gasteiger partial charge in [0.2, 0.25) is 15.9 Å². The van der Waals surface area contributed by atoms with Crippen molar-refractivity contribution >= 4 is 54.9 Å². The van der Waals surface area contributed by atoms with Gasteiger partial charge in [-0.25, -0.2) is 18.4 Å². The van der Waals surface area contributed by atoms with Crippen LogP contribution in [-0.2, 0) is 32.4 Å². The van der Waals surface area contributed by atoms with E-state index in [1.165, 1.54) is 51.5 Å². The molecule has 11 heteroatoms. The van der Waals surface area contributed by atoms with Crippen LogP contribution in [0.2, 0.25) is 0 Å². The molecule has 0 radical (unpaired) electrons. The Kier molecular flexibility index (Phi) is 6.66. The second-order valence-corrected chi connectivity index (χ2v) is 11.9. The average molecular weight is 505 g/mol. The molecule has 0 unspecified atom stereocenters. The third-order valence-electron chi connectivity index (χ3n) is 5.80. The average Bonchev–Trinajstić information content (AvgIpc) is 3.23. The van der Waals surface area contributed by atoms with Gasteiger partial charge in [-0.1, -0.05) is 11.8 Å². The standard InChI is InChI=1S/C22H24N4O4S3/c27-19(13-31-21-20-17-3-1-2-4-18(17)32-22(20)24-14-23-21)25-15-5-7-16(8-6-15)33(28,29)26-9-11-30-12-10-26/h5-8,14H,1-4,9-13H2,(H,25,27). The molecule has 0 saturated carbocycles. The van der Waals surface area contributed by atoms with E-state index in [0.29, 0.717) is 32.0 Å². The first-order valence-electron chi connectivity index (χ1n) is 10.9. The lowest BCUT2D eigenvalue weighted by Crippen LogP contribution is -2.40. The Balaban J connectivity index is 1.23. The SMILES string of the molecule is O=C(CSc1ncnc2sc3c(c12)CCCC3)Nc1ccc(S(=O)(=O)N2CCOCC2)cc1. The van der Waals surface area contributed by atoms with Crippen molar-refractivity contribution < 1.29 is 17.9 Å². The van der Waals surface area contributed by atoms with Crippen molar-refractivity contribution in [2.24, 2.45) is 0 Å². The summed E-state index contributed by atoms with van der Waals surface area (Å²) in [4.78, 5) is 24.1. The number of hydrogen-bond donors (Lipinski definition) is 1. The summed E-state index contributed by atoms with van der Waals surface area (Å²) in [5, 5.41) is 4.80. The van der Waals surface area contributed by atoms with Gasteiger partial charge >= 0.3 is 0 Å². The van der Waals surface area contributed by atoms with E-state index in [0.717, 1.165) is 28.1 Å². The number of sulfonamides is 1. The van der Waals surface area contributed by atoms with Gasteiger partial charge in [0.15, 0.2) is 0 Å². The molecule has 1 fully saturated rings. The van der Waals surface area contributed by atoms with Crippen LogP contribution in [0, 0.1) is 0 Å². The fraction of sp³-hybridized carbons (Fsp3) is 0.409. The molecular formula is C22H24N4O4S3. The van der Waals surface area contributed by atoms with Crippen molar-refractivity contribution in [1.82, 2.24) is 14.3 Å². The minimum atomic E-state index is -3.55. The number of aromatic nitrogens is 2. The normalized spacial score (nSPS) is 17.1. The summed E-state index contributed by atoms with van der Waals surface area (Å²) in [5.41, 5.74) is 1.91. The molecule has 1 aliphatic heterocycles. The van der Waals surface area contributed by atoms with E-state index in [9.17, 15) is 13.2 Å². The maximum atomic E-state index is 12.7. The van der Waals surface area contributed by atoms with Gasteiger partial charge in [-0.3, -0.25) is 4.79 Å². The van der Waals surface area contributed by atoms with Crippen LogP contribution in [0.1, 0.15) is 23.3 Å². The molecule has 1 aromatic carbocycles.